The lowest BCUT2D eigenvalue weighted by molar-refractivity contribution is 0.0922. The predicted octanol–water partition coefficient (Wildman–Crippen LogP) is 3.52. The van der Waals surface area contributed by atoms with Gasteiger partial charge in [-0.15, -0.1) is 0 Å². The van der Waals surface area contributed by atoms with E-state index in [1.807, 2.05) is 21.5 Å². The molecule has 30 heavy (non-hydrogen) atoms. The predicted molar refractivity (Wildman–Crippen MR) is 111 cm³/mol. The number of nitrogens with one attached hydrogen (secondary N) is 1. The van der Waals surface area contributed by atoms with Crippen LogP contribution in [0.1, 0.15) is 67.9 Å². The van der Waals surface area contributed by atoms with Gasteiger partial charge in [0.2, 0.25) is 0 Å². The van der Waals surface area contributed by atoms with E-state index < -0.39 is 0 Å². The molecule has 1 unspecified atom stereocenters. The average molecular weight is 403 g/mol. The third-order valence-electron chi connectivity index (χ3n) is 6.23. The number of nitrogens with zero attached hydrogens (tertiary/aromatic N) is 6. The number of carbonyl (C=O) groups is 1. The number of aromatic nitrogens is 5. The van der Waals surface area contributed by atoms with E-state index >= 15 is 0 Å². The van der Waals surface area contributed by atoms with Gasteiger partial charge < -0.3 is 5.32 Å². The molecule has 2 saturated carbocycles. The first-order valence-electron chi connectivity index (χ1n) is 10.8. The van der Waals surface area contributed by atoms with Crippen molar-refractivity contribution in [1.82, 2.24) is 29.5 Å². The highest BCUT2D eigenvalue weighted by atomic mass is 16.1. The second kappa shape index (κ2) is 7.90. The van der Waals surface area contributed by atoms with Gasteiger partial charge in [-0.2, -0.15) is 10.4 Å². The monoisotopic (exact) mass is 403 g/mol. The van der Waals surface area contributed by atoms with Crippen molar-refractivity contribution < 1.29 is 4.79 Å². The molecular formula is C22H25N7O. The molecule has 0 aliphatic heterocycles. The average Bonchev–Trinajstić information content (AvgIpc) is 3.29. The van der Waals surface area contributed by atoms with Crippen molar-refractivity contribution >= 4 is 11.6 Å². The smallest absolute Gasteiger partial charge is 0.270 e. The molecule has 1 amide bonds. The lowest BCUT2D eigenvalue weighted by Crippen LogP contribution is -2.36. The van der Waals surface area contributed by atoms with E-state index in [0.717, 1.165) is 44.1 Å². The molecule has 3 aromatic rings. The van der Waals surface area contributed by atoms with Crippen LogP contribution in [0.2, 0.25) is 0 Å². The number of hydrogen-bond donors (Lipinski definition) is 1. The van der Waals surface area contributed by atoms with Crippen molar-refractivity contribution in [2.24, 2.45) is 5.92 Å². The lowest BCUT2D eigenvalue weighted by atomic mass is 9.95. The molecular weight excluding hydrogens is 378 g/mol. The minimum Gasteiger partial charge on any atom is -0.348 e. The molecule has 2 aliphatic carbocycles. The standard InChI is InChI=1S/C22H25N7O/c23-9-8-19(15-6-7-15)29-14-16(13-25-29)21-27-18(12-20-24-10-11-28(20)21)22(30)26-17-4-2-1-3-5-17/h10-15,17,19H,1-8H2,(H,26,30). The molecule has 0 aromatic carbocycles. The molecule has 0 bridgehead atoms. The van der Waals surface area contributed by atoms with Crippen LogP contribution in [-0.2, 0) is 0 Å². The van der Waals surface area contributed by atoms with Crippen LogP contribution < -0.4 is 5.32 Å². The van der Waals surface area contributed by atoms with Crippen LogP contribution >= 0.6 is 0 Å². The largest absolute Gasteiger partial charge is 0.348 e. The number of hydrogen-bond acceptors (Lipinski definition) is 5. The summed E-state index contributed by atoms with van der Waals surface area (Å²) in [6.45, 7) is 0. The maximum absolute atomic E-state index is 12.9. The van der Waals surface area contributed by atoms with Gasteiger partial charge in [0.15, 0.2) is 0 Å². The summed E-state index contributed by atoms with van der Waals surface area (Å²) in [5.41, 5.74) is 1.86. The Labute approximate surface area is 174 Å². The van der Waals surface area contributed by atoms with Crippen LogP contribution in [0.3, 0.4) is 0 Å². The zero-order chi connectivity index (χ0) is 20.5. The quantitative estimate of drug-likeness (QED) is 0.679. The van der Waals surface area contributed by atoms with Crippen LogP contribution in [0.15, 0.2) is 30.9 Å². The van der Waals surface area contributed by atoms with E-state index in [2.05, 4.69) is 26.5 Å². The first kappa shape index (κ1) is 18.8. The van der Waals surface area contributed by atoms with Crippen LogP contribution in [0, 0.1) is 17.2 Å². The minimum atomic E-state index is -0.152. The fourth-order valence-electron chi connectivity index (χ4n) is 4.44. The van der Waals surface area contributed by atoms with Gasteiger partial charge in [0.05, 0.1) is 30.3 Å². The van der Waals surface area contributed by atoms with Crippen LogP contribution in [0.25, 0.3) is 17.0 Å². The molecule has 3 aromatic heterocycles. The summed E-state index contributed by atoms with van der Waals surface area (Å²) in [5, 5.41) is 16.8. The van der Waals surface area contributed by atoms with Crippen molar-refractivity contribution in [2.45, 2.75) is 63.5 Å². The van der Waals surface area contributed by atoms with Gasteiger partial charge >= 0.3 is 0 Å². The van der Waals surface area contributed by atoms with Gasteiger partial charge in [0.1, 0.15) is 17.2 Å². The second-order valence-electron chi connectivity index (χ2n) is 8.40. The fraction of sp³-hybridized carbons (Fsp3) is 0.500. The van der Waals surface area contributed by atoms with Crippen molar-refractivity contribution in [1.29, 1.82) is 5.26 Å². The van der Waals surface area contributed by atoms with E-state index in [0.29, 0.717) is 29.5 Å². The Morgan fingerprint density at radius 1 is 1.27 bits per heavy atom. The summed E-state index contributed by atoms with van der Waals surface area (Å²) < 4.78 is 3.75. The van der Waals surface area contributed by atoms with Crippen molar-refractivity contribution in [3.8, 4) is 17.5 Å². The number of nitriles is 1. The van der Waals surface area contributed by atoms with Gasteiger partial charge in [-0.05, 0) is 31.6 Å². The van der Waals surface area contributed by atoms with Gasteiger partial charge in [0, 0.05) is 30.7 Å². The first-order valence-corrected chi connectivity index (χ1v) is 10.8. The summed E-state index contributed by atoms with van der Waals surface area (Å²) in [5.74, 6) is 1.00. The normalized spacial score (nSPS) is 18.2. The molecule has 3 heterocycles. The summed E-state index contributed by atoms with van der Waals surface area (Å²) in [4.78, 5) is 21.9. The summed E-state index contributed by atoms with van der Waals surface area (Å²) in [6.07, 6.45) is 15.6. The molecule has 8 nitrogen and oxygen atoms in total. The molecule has 1 N–H and O–H groups in total. The Hall–Kier alpha value is -3.21. The summed E-state index contributed by atoms with van der Waals surface area (Å²) in [7, 11) is 0. The first-order chi connectivity index (χ1) is 14.7. The molecule has 1 atom stereocenters. The summed E-state index contributed by atoms with van der Waals surface area (Å²) >= 11 is 0. The van der Waals surface area contributed by atoms with E-state index in [1.54, 1.807) is 18.5 Å². The SMILES string of the molecule is N#CCC(C1CC1)n1cc(-c2nc(C(=O)NC3CCCCC3)cc3nccn23)cn1. The number of fused-ring (bicyclic) bond motifs is 1. The molecule has 0 radical (unpaired) electrons. The highest BCUT2D eigenvalue weighted by molar-refractivity contribution is 5.94. The van der Waals surface area contributed by atoms with E-state index in [1.165, 1.54) is 6.42 Å². The Kier molecular flexibility index (Phi) is 4.95. The third kappa shape index (κ3) is 3.67. The van der Waals surface area contributed by atoms with E-state index in [4.69, 9.17) is 0 Å². The van der Waals surface area contributed by atoms with E-state index in [-0.39, 0.29) is 18.0 Å². The number of amides is 1. The molecule has 2 fully saturated rings. The van der Waals surface area contributed by atoms with Crippen LogP contribution in [0.5, 0.6) is 0 Å². The number of imidazole rings is 1. The minimum absolute atomic E-state index is 0.0970. The summed E-state index contributed by atoms with van der Waals surface area (Å²) in [6, 6.07) is 4.33. The highest BCUT2D eigenvalue weighted by Gasteiger charge is 2.33. The van der Waals surface area contributed by atoms with Gasteiger partial charge in [0.25, 0.3) is 5.91 Å². The molecule has 5 rings (SSSR count). The molecule has 0 saturated heterocycles. The van der Waals surface area contributed by atoms with E-state index in [9.17, 15) is 10.1 Å². The topological polar surface area (TPSA) is 101 Å². The third-order valence-corrected chi connectivity index (χ3v) is 6.23. The number of rotatable bonds is 6. The van der Waals surface area contributed by atoms with Crippen molar-refractivity contribution in [2.75, 3.05) is 0 Å². The van der Waals surface area contributed by atoms with Gasteiger partial charge in [-0.1, -0.05) is 19.3 Å². The second-order valence-corrected chi connectivity index (χ2v) is 8.40. The Balaban J connectivity index is 1.46. The van der Waals surface area contributed by atoms with Crippen molar-refractivity contribution in [3.05, 3.63) is 36.5 Å². The molecule has 0 spiro atoms. The van der Waals surface area contributed by atoms with Gasteiger partial charge in [-0.3, -0.25) is 13.9 Å². The van der Waals surface area contributed by atoms with Crippen LogP contribution in [0.4, 0.5) is 0 Å². The Bertz CT molecular complexity index is 1100. The zero-order valence-corrected chi connectivity index (χ0v) is 16.9. The Morgan fingerprint density at radius 3 is 2.87 bits per heavy atom. The molecule has 8 heteroatoms. The van der Waals surface area contributed by atoms with Gasteiger partial charge in [-0.25, -0.2) is 9.97 Å². The Morgan fingerprint density at radius 2 is 2.10 bits per heavy atom. The van der Waals surface area contributed by atoms with Crippen molar-refractivity contribution in [3.63, 3.8) is 0 Å². The fourth-order valence-corrected chi connectivity index (χ4v) is 4.44. The zero-order valence-electron chi connectivity index (χ0n) is 16.9. The molecule has 2 aliphatic rings. The van der Waals surface area contributed by atoms with Crippen LogP contribution in [-0.4, -0.2) is 36.1 Å². The lowest BCUT2D eigenvalue weighted by Gasteiger charge is -2.22. The highest BCUT2D eigenvalue weighted by Crippen LogP contribution is 2.41. The number of carbonyl (C=O) groups excluding carboxylic acids is 1. The maximum atomic E-state index is 12.9. The maximum Gasteiger partial charge on any atom is 0.270 e. The molecule has 154 valence electrons.